The number of aliphatic hydroxyl groups is 1. The Labute approximate surface area is 176 Å². The first kappa shape index (κ1) is 21.5. The van der Waals surface area contributed by atoms with Crippen LogP contribution in [-0.4, -0.2) is 65.4 Å². The van der Waals surface area contributed by atoms with Crippen LogP contribution in [0.15, 0.2) is 54.4 Å². The number of rotatable bonds is 8. The summed E-state index contributed by atoms with van der Waals surface area (Å²) in [4.78, 5) is 33.4. The number of nitrogens with zero attached hydrogens (tertiary/aromatic N) is 3. The SMILES string of the molecule is CCOc1cccc(C(O)=C2C(=O)C(=O)N(CCCN(C)C)C2c2ccncc2)c1. The molecule has 3 rings (SSSR count). The molecule has 0 radical (unpaired) electrons. The van der Waals surface area contributed by atoms with Crippen LogP contribution < -0.4 is 4.74 Å². The van der Waals surface area contributed by atoms with Gasteiger partial charge in [-0.2, -0.15) is 0 Å². The number of amides is 1. The topological polar surface area (TPSA) is 83.0 Å². The lowest BCUT2D eigenvalue weighted by Crippen LogP contribution is -2.32. The Kier molecular flexibility index (Phi) is 6.84. The maximum atomic E-state index is 13.0. The molecule has 1 aliphatic rings. The number of aliphatic hydroxyl groups excluding tert-OH is 1. The molecule has 1 aliphatic heterocycles. The Morgan fingerprint density at radius 3 is 2.60 bits per heavy atom. The molecule has 0 saturated carbocycles. The molecule has 1 N–H and O–H groups in total. The molecule has 1 atom stereocenters. The molecule has 1 unspecified atom stereocenters. The summed E-state index contributed by atoms with van der Waals surface area (Å²) in [7, 11) is 3.92. The van der Waals surface area contributed by atoms with Gasteiger partial charge in [0.25, 0.3) is 11.7 Å². The van der Waals surface area contributed by atoms with Gasteiger partial charge in [-0.05, 0) is 63.8 Å². The molecule has 2 heterocycles. The van der Waals surface area contributed by atoms with E-state index in [1.54, 1.807) is 53.7 Å². The van der Waals surface area contributed by atoms with E-state index in [9.17, 15) is 14.7 Å². The van der Waals surface area contributed by atoms with Crippen LogP contribution in [0.5, 0.6) is 5.75 Å². The molecule has 0 bridgehead atoms. The first-order valence-corrected chi connectivity index (χ1v) is 10.00. The summed E-state index contributed by atoms with van der Waals surface area (Å²) in [6, 6.07) is 9.75. The zero-order valence-electron chi connectivity index (χ0n) is 17.5. The van der Waals surface area contributed by atoms with Gasteiger partial charge in [0.2, 0.25) is 0 Å². The highest BCUT2D eigenvalue weighted by molar-refractivity contribution is 6.46. The van der Waals surface area contributed by atoms with Crippen molar-refractivity contribution in [2.45, 2.75) is 19.4 Å². The number of benzene rings is 1. The predicted octanol–water partition coefficient (Wildman–Crippen LogP) is 2.85. The molecule has 1 aromatic carbocycles. The number of ketones is 1. The Hall–Kier alpha value is -3.19. The zero-order valence-corrected chi connectivity index (χ0v) is 17.5. The molecule has 0 spiro atoms. The first-order chi connectivity index (χ1) is 14.4. The van der Waals surface area contributed by atoms with Crippen LogP contribution >= 0.6 is 0 Å². The van der Waals surface area contributed by atoms with E-state index < -0.39 is 17.7 Å². The summed E-state index contributed by atoms with van der Waals surface area (Å²) in [5, 5.41) is 11.1. The average Bonchev–Trinajstić information content (AvgIpc) is 2.99. The fourth-order valence-corrected chi connectivity index (χ4v) is 3.62. The van der Waals surface area contributed by atoms with E-state index in [0.717, 1.165) is 12.1 Å². The Balaban J connectivity index is 2.06. The number of aromatic nitrogens is 1. The Morgan fingerprint density at radius 1 is 1.20 bits per heavy atom. The lowest BCUT2D eigenvalue weighted by Gasteiger charge is -2.25. The van der Waals surface area contributed by atoms with Gasteiger partial charge in [-0.1, -0.05) is 12.1 Å². The quantitative estimate of drug-likeness (QED) is 0.410. The molecule has 7 heteroatoms. The fourth-order valence-electron chi connectivity index (χ4n) is 3.62. The highest BCUT2D eigenvalue weighted by Crippen LogP contribution is 2.39. The number of hydrogen-bond acceptors (Lipinski definition) is 6. The van der Waals surface area contributed by atoms with Gasteiger partial charge in [-0.15, -0.1) is 0 Å². The lowest BCUT2D eigenvalue weighted by molar-refractivity contribution is -0.139. The minimum Gasteiger partial charge on any atom is -0.507 e. The van der Waals surface area contributed by atoms with Crippen LogP contribution in [0.25, 0.3) is 5.76 Å². The van der Waals surface area contributed by atoms with Gasteiger partial charge in [0, 0.05) is 24.5 Å². The summed E-state index contributed by atoms with van der Waals surface area (Å²) in [5.41, 5.74) is 1.26. The minimum absolute atomic E-state index is 0.0877. The van der Waals surface area contributed by atoms with Gasteiger partial charge in [-0.25, -0.2) is 0 Å². The van der Waals surface area contributed by atoms with Crippen molar-refractivity contribution in [3.63, 3.8) is 0 Å². The number of carbonyl (C=O) groups is 2. The van der Waals surface area contributed by atoms with Gasteiger partial charge >= 0.3 is 0 Å². The zero-order chi connectivity index (χ0) is 21.7. The van der Waals surface area contributed by atoms with Gasteiger partial charge in [0.05, 0.1) is 18.2 Å². The van der Waals surface area contributed by atoms with Crippen molar-refractivity contribution in [3.8, 4) is 5.75 Å². The third kappa shape index (κ3) is 4.52. The Morgan fingerprint density at radius 2 is 1.93 bits per heavy atom. The van der Waals surface area contributed by atoms with Crippen molar-refractivity contribution in [1.82, 2.24) is 14.8 Å². The molecular formula is C23H27N3O4. The largest absolute Gasteiger partial charge is 0.507 e. The number of ether oxygens (including phenoxy) is 1. The van der Waals surface area contributed by atoms with Gasteiger partial charge < -0.3 is 19.6 Å². The molecule has 2 aromatic rings. The van der Waals surface area contributed by atoms with Crippen molar-refractivity contribution in [1.29, 1.82) is 0 Å². The van der Waals surface area contributed by atoms with Crippen molar-refractivity contribution in [3.05, 3.63) is 65.5 Å². The van der Waals surface area contributed by atoms with E-state index in [-0.39, 0.29) is 11.3 Å². The molecule has 1 aromatic heterocycles. The molecule has 0 aliphatic carbocycles. The standard InChI is InChI=1S/C23H27N3O4/c1-4-30-18-8-5-7-17(15-18)21(27)19-20(16-9-11-24-12-10-16)26(23(29)22(19)28)14-6-13-25(2)3/h5,7-12,15,20,27H,4,6,13-14H2,1-3H3. The van der Waals surface area contributed by atoms with Crippen LogP contribution in [0.3, 0.4) is 0 Å². The van der Waals surface area contributed by atoms with Crippen LogP contribution in [0, 0.1) is 0 Å². The fraction of sp³-hybridized carbons (Fsp3) is 0.348. The van der Waals surface area contributed by atoms with E-state index in [0.29, 0.717) is 30.9 Å². The van der Waals surface area contributed by atoms with Gasteiger partial charge in [0.1, 0.15) is 11.5 Å². The third-order valence-corrected chi connectivity index (χ3v) is 4.98. The second kappa shape index (κ2) is 9.54. The molecule has 1 fully saturated rings. The van der Waals surface area contributed by atoms with E-state index >= 15 is 0 Å². The number of likely N-dealkylation sites (tertiary alicyclic amines) is 1. The molecular weight excluding hydrogens is 382 g/mol. The van der Waals surface area contributed by atoms with Crippen molar-refractivity contribution >= 4 is 17.4 Å². The smallest absolute Gasteiger partial charge is 0.295 e. The van der Waals surface area contributed by atoms with E-state index in [1.165, 1.54) is 0 Å². The lowest BCUT2D eigenvalue weighted by atomic mass is 9.96. The maximum Gasteiger partial charge on any atom is 0.295 e. The summed E-state index contributed by atoms with van der Waals surface area (Å²) in [6.45, 7) is 3.54. The summed E-state index contributed by atoms with van der Waals surface area (Å²) in [5.74, 6) is -0.895. The van der Waals surface area contributed by atoms with Crippen LogP contribution in [0.1, 0.15) is 30.5 Å². The first-order valence-electron chi connectivity index (χ1n) is 10.00. The van der Waals surface area contributed by atoms with E-state index in [1.807, 2.05) is 25.9 Å². The summed E-state index contributed by atoms with van der Waals surface area (Å²) in [6.07, 6.45) is 3.94. The van der Waals surface area contributed by atoms with Crippen molar-refractivity contribution < 1.29 is 19.4 Å². The molecule has 1 saturated heterocycles. The maximum absolute atomic E-state index is 13.0. The van der Waals surface area contributed by atoms with Crippen LogP contribution in [0.4, 0.5) is 0 Å². The summed E-state index contributed by atoms with van der Waals surface area (Å²) < 4.78 is 5.51. The van der Waals surface area contributed by atoms with E-state index in [4.69, 9.17) is 4.74 Å². The Bertz CT molecular complexity index is 940. The van der Waals surface area contributed by atoms with E-state index in [2.05, 4.69) is 4.98 Å². The van der Waals surface area contributed by atoms with Crippen LogP contribution in [-0.2, 0) is 9.59 Å². The normalized spacial score (nSPS) is 18.3. The van der Waals surface area contributed by atoms with Crippen molar-refractivity contribution in [2.24, 2.45) is 0 Å². The molecule has 30 heavy (non-hydrogen) atoms. The molecule has 158 valence electrons. The van der Waals surface area contributed by atoms with Crippen LogP contribution in [0.2, 0.25) is 0 Å². The average molecular weight is 409 g/mol. The monoisotopic (exact) mass is 409 g/mol. The third-order valence-electron chi connectivity index (χ3n) is 4.98. The minimum atomic E-state index is -0.680. The van der Waals surface area contributed by atoms with Gasteiger partial charge in [0.15, 0.2) is 0 Å². The molecule has 1 amide bonds. The predicted molar refractivity (Wildman–Crippen MR) is 114 cm³/mol. The van der Waals surface area contributed by atoms with Gasteiger partial charge in [-0.3, -0.25) is 14.6 Å². The number of carbonyl (C=O) groups excluding carboxylic acids is 2. The highest BCUT2D eigenvalue weighted by Gasteiger charge is 2.45. The molecule has 7 nitrogen and oxygen atoms in total. The summed E-state index contributed by atoms with van der Waals surface area (Å²) >= 11 is 0. The number of pyridine rings is 1. The number of hydrogen-bond donors (Lipinski definition) is 1. The van der Waals surface area contributed by atoms with Crippen molar-refractivity contribution in [2.75, 3.05) is 33.8 Å². The highest BCUT2D eigenvalue weighted by atomic mass is 16.5. The number of Topliss-reactive ketones (excluding diaryl/α,β-unsaturated/α-hetero) is 1. The second-order valence-electron chi connectivity index (χ2n) is 7.39. The second-order valence-corrected chi connectivity index (χ2v) is 7.39.